The topological polar surface area (TPSA) is 33.9 Å². The van der Waals surface area contributed by atoms with E-state index in [9.17, 15) is 0 Å². The molecule has 1 aliphatic heterocycles. The molecule has 2 rings (SSSR count). The molecule has 1 saturated heterocycles. The molecule has 1 fully saturated rings. The van der Waals surface area contributed by atoms with Crippen molar-refractivity contribution in [3.05, 3.63) is 30.1 Å². The summed E-state index contributed by atoms with van der Waals surface area (Å²) in [7, 11) is 0. The van der Waals surface area contributed by atoms with E-state index >= 15 is 0 Å². The fraction of sp³-hybridized carbons (Fsp3) is 0.545. The third kappa shape index (κ3) is 2.11. The highest BCUT2D eigenvalue weighted by Crippen LogP contribution is 2.06. The Bertz CT molecular complexity index is 267. The average molecular weight is 193 g/mol. The van der Waals surface area contributed by atoms with Crippen LogP contribution in [0, 0.1) is 0 Å². The molecule has 1 aromatic heterocycles. The Balaban J connectivity index is 2.03. The number of nitrogens with one attached hydrogen (secondary N) is 1. The van der Waals surface area contributed by atoms with Crippen LogP contribution in [0.4, 0.5) is 0 Å². The minimum atomic E-state index is 0.617. The van der Waals surface area contributed by atoms with Crippen molar-refractivity contribution in [1.82, 2.24) is 4.98 Å². The number of rotatable bonds is 2. The quantitative estimate of drug-likeness (QED) is 0.595. The van der Waals surface area contributed by atoms with Crippen LogP contribution < -0.4 is 10.2 Å². The van der Waals surface area contributed by atoms with E-state index in [1.165, 1.54) is 31.7 Å². The third-order valence-corrected chi connectivity index (χ3v) is 3.16. The van der Waals surface area contributed by atoms with Gasteiger partial charge in [0.1, 0.15) is 32.2 Å². The number of quaternary nitrogens is 2. The van der Waals surface area contributed by atoms with Gasteiger partial charge >= 0.3 is 0 Å². The number of aromatic nitrogens is 1. The molecule has 3 nitrogen and oxygen atoms in total. The smallest absolute Gasteiger partial charge is 0.127 e. The van der Waals surface area contributed by atoms with E-state index in [1.54, 1.807) is 4.90 Å². The van der Waals surface area contributed by atoms with Crippen LogP contribution in [0.2, 0.25) is 0 Å². The molecular formula is C11H19N3+2. The highest BCUT2D eigenvalue weighted by molar-refractivity contribution is 5.11. The number of hydrogen-bond donors (Lipinski definition) is 2. The van der Waals surface area contributed by atoms with Crippen molar-refractivity contribution in [2.45, 2.75) is 13.0 Å². The summed E-state index contributed by atoms with van der Waals surface area (Å²) in [5.74, 6) is 0. The summed E-state index contributed by atoms with van der Waals surface area (Å²) in [6.07, 6.45) is 3.78. The van der Waals surface area contributed by atoms with Crippen LogP contribution in [0.25, 0.3) is 0 Å². The largest absolute Gasteiger partial charge is 0.337 e. The highest BCUT2D eigenvalue weighted by atomic mass is 15.2. The maximum Gasteiger partial charge on any atom is 0.127 e. The van der Waals surface area contributed by atoms with E-state index in [1.807, 2.05) is 12.4 Å². The second-order valence-corrected chi connectivity index (χ2v) is 4.03. The zero-order valence-electron chi connectivity index (χ0n) is 8.74. The average Bonchev–Trinajstić information content (AvgIpc) is 2.30. The Kier molecular flexibility index (Phi) is 3.11. The molecule has 0 unspecified atom stereocenters. The van der Waals surface area contributed by atoms with Crippen LogP contribution >= 0.6 is 0 Å². The zero-order chi connectivity index (χ0) is 9.80. The molecule has 0 aromatic carbocycles. The maximum absolute atomic E-state index is 4.06. The number of piperazine rings is 1. The SMILES string of the molecule is C[C@@H](c1ccncc1)[NH+]1CC[NH2+]CC1. The predicted molar refractivity (Wildman–Crippen MR) is 55.0 cm³/mol. The molecule has 0 saturated carbocycles. The summed E-state index contributed by atoms with van der Waals surface area (Å²) >= 11 is 0. The fourth-order valence-electron chi connectivity index (χ4n) is 2.17. The monoisotopic (exact) mass is 193 g/mol. The lowest BCUT2D eigenvalue weighted by molar-refractivity contribution is -0.970. The second kappa shape index (κ2) is 4.53. The van der Waals surface area contributed by atoms with Gasteiger partial charge in [-0.2, -0.15) is 0 Å². The van der Waals surface area contributed by atoms with Gasteiger partial charge in [0.05, 0.1) is 0 Å². The van der Waals surface area contributed by atoms with Gasteiger partial charge in [-0.05, 0) is 19.1 Å². The fourth-order valence-corrected chi connectivity index (χ4v) is 2.17. The van der Waals surface area contributed by atoms with Gasteiger partial charge in [-0.15, -0.1) is 0 Å². The summed E-state index contributed by atoms with van der Waals surface area (Å²) in [6, 6.07) is 4.89. The van der Waals surface area contributed by atoms with Crippen molar-refractivity contribution in [2.24, 2.45) is 0 Å². The zero-order valence-corrected chi connectivity index (χ0v) is 8.74. The minimum Gasteiger partial charge on any atom is -0.337 e. The molecule has 2 heterocycles. The molecule has 76 valence electrons. The normalized spacial score (nSPS) is 20.6. The lowest BCUT2D eigenvalue weighted by atomic mass is 10.1. The van der Waals surface area contributed by atoms with E-state index in [0.717, 1.165) is 0 Å². The first-order valence-electron chi connectivity index (χ1n) is 5.44. The Morgan fingerprint density at radius 1 is 1.29 bits per heavy atom. The van der Waals surface area contributed by atoms with Gasteiger partial charge in [-0.3, -0.25) is 4.98 Å². The third-order valence-electron chi connectivity index (χ3n) is 3.16. The minimum absolute atomic E-state index is 0.617. The Hall–Kier alpha value is -0.930. The molecule has 0 bridgehead atoms. The van der Waals surface area contributed by atoms with Gasteiger partial charge in [-0.1, -0.05) is 0 Å². The number of hydrogen-bond acceptors (Lipinski definition) is 1. The van der Waals surface area contributed by atoms with Gasteiger partial charge in [0, 0.05) is 18.0 Å². The van der Waals surface area contributed by atoms with Crippen LogP contribution in [-0.4, -0.2) is 31.2 Å². The van der Waals surface area contributed by atoms with Gasteiger partial charge < -0.3 is 10.2 Å². The van der Waals surface area contributed by atoms with E-state index in [0.29, 0.717) is 6.04 Å². The van der Waals surface area contributed by atoms with Crippen LogP contribution in [0.3, 0.4) is 0 Å². The molecule has 1 aliphatic rings. The van der Waals surface area contributed by atoms with Gasteiger partial charge in [0.15, 0.2) is 0 Å². The maximum atomic E-state index is 4.06. The van der Waals surface area contributed by atoms with Crippen molar-refractivity contribution in [1.29, 1.82) is 0 Å². The molecule has 0 radical (unpaired) electrons. The standard InChI is InChI=1S/C11H17N3/c1-10(11-2-4-12-5-3-11)14-8-6-13-7-9-14/h2-5,10,13H,6-9H2,1H3/p+2/t10-/m0/s1. The van der Waals surface area contributed by atoms with Crippen LogP contribution in [0.5, 0.6) is 0 Å². The Morgan fingerprint density at radius 2 is 1.93 bits per heavy atom. The Morgan fingerprint density at radius 3 is 2.57 bits per heavy atom. The predicted octanol–water partition coefficient (Wildman–Crippen LogP) is -1.40. The van der Waals surface area contributed by atoms with E-state index in [-0.39, 0.29) is 0 Å². The molecular weight excluding hydrogens is 174 g/mol. The number of pyridine rings is 1. The summed E-state index contributed by atoms with van der Waals surface area (Å²) in [6.45, 7) is 7.42. The van der Waals surface area contributed by atoms with Crippen molar-refractivity contribution in [3.63, 3.8) is 0 Å². The summed E-state index contributed by atoms with van der Waals surface area (Å²) < 4.78 is 0. The van der Waals surface area contributed by atoms with Gasteiger partial charge in [0.2, 0.25) is 0 Å². The summed E-state index contributed by atoms with van der Waals surface area (Å²) in [5.41, 5.74) is 1.41. The van der Waals surface area contributed by atoms with E-state index < -0.39 is 0 Å². The number of nitrogens with two attached hydrogens (primary N) is 1. The van der Waals surface area contributed by atoms with Gasteiger partial charge in [-0.25, -0.2) is 0 Å². The molecule has 3 heteroatoms. The van der Waals surface area contributed by atoms with Crippen molar-refractivity contribution in [2.75, 3.05) is 26.2 Å². The second-order valence-electron chi connectivity index (χ2n) is 4.03. The molecule has 1 atom stereocenters. The lowest BCUT2D eigenvalue weighted by Crippen LogP contribution is -3.20. The molecule has 3 N–H and O–H groups in total. The lowest BCUT2D eigenvalue weighted by Gasteiger charge is -2.28. The molecule has 14 heavy (non-hydrogen) atoms. The van der Waals surface area contributed by atoms with Crippen molar-refractivity contribution >= 4 is 0 Å². The molecule has 0 aliphatic carbocycles. The first-order valence-corrected chi connectivity index (χ1v) is 5.44. The van der Waals surface area contributed by atoms with E-state index in [4.69, 9.17) is 0 Å². The molecule has 0 spiro atoms. The van der Waals surface area contributed by atoms with Crippen molar-refractivity contribution in [3.8, 4) is 0 Å². The first-order chi connectivity index (χ1) is 6.88. The number of nitrogens with zero attached hydrogens (tertiary/aromatic N) is 1. The van der Waals surface area contributed by atoms with Crippen LogP contribution in [0.15, 0.2) is 24.5 Å². The van der Waals surface area contributed by atoms with Crippen molar-refractivity contribution < 1.29 is 10.2 Å². The Labute approximate surface area is 85.1 Å². The molecule has 0 amide bonds. The van der Waals surface area contributed by atoms with Crippen LogP contribution in [0.1, 0.15) is 18.5 Å². The summed E-state index contributed by atoms with van der Waals surface area (Å²) in [5, 5.41) is 2.41. The van der Waals surface area contributed by atoms with Crippen LogP contribution in [-0.2, 0) is 0 Å². The summed E-state index contributed by atoms with van der Waals surface area (Å²) in [4.78, 5) is 5.76. The molecule has 1 aromatic rings. The van der Waals surface area contributed by atoms with Gasteiger partial charge in [0.25, 0.3) is 0 Å². The first kappa shape index (κ1) is 9.62. The highest BCUT2D eigenvalue weighted by Gasteiger charge is 2.22. The van der Waals surface area contributed by atoms with E-state index in [2.05, 4.69) is 29.4 Å².